The number of carbonyl (C=O) groups is 1. The number of ether oxygens (including phenoxy) is 1. The van der Waals surface area contributed by atoms with E-state index in [2.05, 4.69) is 45.5 Å². The molecule has 0 bridgehead atoms. The number of hydrogen-bond donors (Lipinski definition) is 2. The van der Waals surface area contributed by atoms with E-state index < -0.39 is 0 Å². The first kappa shape index (κ1) is 24.7. The van der Waals surface area contributed by atoms with E-state index >= 15 is 0 Å². The molecule has 2 aromatic rings. The topological polar surface area (TPSA) is 66.0 Å². The largest absolute Gasteiger partial charge is 0.370 e. The van der Waals surface area contributed by atoms with E-state index in [1.54, 1.807) is 6.07 Å². The minimum absolute atomic E-state index is 0. The number of benzene rings is 2. The summed E-state index contributed by atoms with van der Waals surface area (Å²) in [4.78, 5) is 19.1. The van der Waals surface area contributed by atoms with Crippen molar-refractivity contribution in [3.8, 4) is 12.3 Å². The molecule has 0 aliphatic carbocycles. The van der Waals surface area contributed by atoms with Gasteiger partial charge in [-0.25, -0.2) is 4.99 Å². The van der Waals surface area contributed by atoms with Crippen LogP contribution < -0.4 is 10.6 Å². The summed E-state index contributed by atoms with van der Waals surface area (Å²) in [7, 11) is 0. The van der Waals surface area contributed by atoms with E-state index in [1.165, 1.54) is 11.1 Å². The fourth-order valence-corrected chi connectivity index (χ4v) is 3.44. The zero-order valence-electron chi connectivity index (χ0n) is 17.9. The van der Waals surface area contributed by atoms with Crippen molar-refractivity contribution in [1.29, 1.82) is 0 Å². The van der Waals surface area contributed by atoms with Crippen molar-refractivity contribution in [2.24, 2.45) is 4.99 Å². The summed E-state index contributed by atoms with van der Waals surface area (Å²) in [5.74, 6) is 3.09. The first-order valence-corrected chi connectivity index (χ1v) is 10.2. The maximum absolute atomic E-state index is 12.4. The van der Waals surface area contributed by atoms with Gasteiger partial charge in [-0.05, 0) is 43.2 Å². The second-order valence-electron chi connectivity index (χ2n) is 7.11. The van der Waals surface area contributed by atoms with E-state index in [9.17, 15) is 4.79 Å². The molecule has 164 valence electrons. The third-order valence-electron chi connectivity index (χ3n) is 4.92. The van der Waals surface area contributed by atoms with Crippen molar-refractivity contribution in [2.75, 3.05) is 38.1 Å². The van der Waals surface area contributed by atoms with E-state index in [-0.39, 0.29) is 42.5 Å². The molecule has 0 spiro atoms. The maximum atomic E-state index is 12.4. The lowest BCUT2D eigenvalue weighted by Crippen LogP contribution is -2.48. The molecule has 1 fully saturated rings. The molecular formula is C24H29IN4O2. The van der Waals surface area contributed by atoms with Gasteiger partial charge in [-0.2, -0.15) is 0 Å². The number of terminal acetylenes is 1. The van der Waals surface area contributed by atoms with Crippen molar-refractivity contribution in [3.05, 3.63) is 65.2 Å². The normalized spacial score (nSPS) is 16.1. The van der Waals surface area contributed by atoms with Crippen molar-refractivity contribution in [3.63, 3.8) is 0 Å². The second kappa shape index (κ2) is 12.3. The van der Waals surface area contributed by atoms with Crippen molar-refractivity contribution < 1.29 is 9.53 Å². The smallest absolute Gasteiger partial charge is 0.246 e. The Bertz CT molecular complexity index is 955. The number of aryl methyl sites for hydroxylation is 1. The number of hydrogen-bond acceptors (Lipinski definition) is 3. The summed E-state index contributed by atoms with van der Waals surface area (Å²) < 4.78 is 6.01. The van der Waals surface area contributed by atoms with Crippen LogP contribution in [0.1, 0.15) is 29.7 Å². The van der Waals surface area contributed by atoms with Gasteiger partial charge in [0.1, 0.15) is 12.6 Å². The van der Waals surface area contributed by atoms with E-state index in [0.29, 0.717) is 24.8 Å². The Kier molecular flexibility index (Phi) is 9.82. The van der Waals surface area contributed by atoms with Crippen LogP contribution in [-0.2, 0) is 9.53 Å². The number of halogens is 1. The predicted octanol–water partition coefficient (Wildman–Crippen LogP) is 3.57. The molecule has 1 atom stereocenters. The van der Waals surface area contributed by atoms with Crippen LogP contribution in [0.2, 0.25) is 0 Å². The quantitative estimate of drug-likeness (QED) is 0.268. The van der Waals surface area contributed by atoms with Gasteiger partial charge in [0, 0.05) is 24.3 Å². The monoisotopic (exact) mass is 532 g/mol. The summed E-state index contributed by atoms with van der Waals surface area (Å²) >= 11 is 0. The van der Waals surface area contributed by atoms with E-state index in [1.807, 2.05) is 37.3 Å². The van der Waals surface area contributed by atoms with Gasteiger partial charge in [-0.1, -0.05) is 36.3 Å². The summed E-state index contributed by atoms with van der Waals surface area (Å²) in [6.07, 6.45) is 5.39. The van der Waals surface area contributed by atoms with E-state index in [0.717, 1.165) is 18.7 Å². The Morgan fingerprint density at radius 1 is 1.29 bits per heavy atom. The van der Waals surface area contributed by atoms with Crippen LogP contribution in [0, 0.1) is 19.3 Å². The van der Waals surface area contributed by atoms with Gasteiger partial charge < -0.3 is 20.3 Å². The van der Waals surface area contributed by atoms with Crippen LogP contribution in [0.3, 0.4) is 0 Å². The van der Waals surface area contributed by atoms with Crippen molar-refractivity contribution >= 4 is 41.5 Å². The maximum Gasteiger partial charge on any atom is 0.246 e. The predicted molar refractivity (Wildman–Crippen MR) is 136 cm³/mol. The lowest BCUT2D eigenvalue weighted by atomic mass is 10.0. The Hall–Kier alpha value is -2.57. The van der Waals surface area contributed by atoms with Gasteiger partial charge in [-0.15, -0.1) is 30.4 Å². The number of anilines is 1. The van der Waals surface area contributed by atoms with Crippen LogP contribution in [-0.4, -0.2) is 49.6 Å². The SMILES string of the molecule is C#Cc1cccc(NC(=O)CN=C(NCC)N2CCOC(c3ccccc3C)C2)c1.I. The summed E-state index contributed by atoms with van der Waals surface area (Å²) in [6, 6.07) is 15.5. The van der Waals surface area contributed by atoms with Gasteiger partial charge in [0.15, 0.2) is 5.96 Å². The van der Waals surface area contributed by atoms with Crippen molar-refractivity contribution in [2.45, 2.75) is 20.0 Å². The highest BCUT2D eigenvalue weighted by Crippen LogP contribution is 2.25. The fourth-order valence-electron chi connectivity index (χ4n) is 3.44. The molecule has 1 saturated heterocycles. The number of amides is 1. The Morgan fingerprint density at radius 3 is 2.84 bits per heavy atom. The summed E-state index contributed by atoms with van der Waals surface area (Å²) in [5, 5.41) is 6.14. The number of morpholine rings is 1. The van der Waals surface area contributed by atoms with Gasteiger partial charge in [0.25, 0.3) is 0 Å². The number of guanidine groups is 1. The van der Waals surface area contributed by atoms with Gasteiger partial charge >= 0.3 is 0 Å². The Balaban J connectivity index is 0.00000341. The van der Waals surface area contributed by atoms with Gasteiger partial charge in [0.2, 0.25) is 5.91 Å². The van der Waals surface area contributed by atoms with Crippen LogP contribution in [0.15, 0.2) is 53.5 Å². The molecule has 2 N–H and O–H groups in total. The van der Waals surface area contributed by atoms with Crippen LogP contribution in [0.4, 0.5) is 5.69 Å². The average Bonchev–Trinajstić information content (AvgIpc) is 2.77. The first-order chi connectivity index (χ1) is 14.6. The second-order valence-corrected chi connectivity index (χ2v) is 7.11. The minimum Gasteiger partial charge on any atom is -0.370 e. The average molecular weight is 532 g/mol. The molecular weight excluding hydrogens is 503 g/mol. The zero-order chi connectivity index (χ0) is 21.3. The van der Waals surface area contributed by atoms with Crippen LogP contribution in [0.5, 0.6) is 0 Å². The van der Waals surface area contributed by atoms with Crippen molar-refractivity contribution in [1.82, 2.24) is 10.2 Å². The number of rotatable bonds is 5. The fraction of sp³-hybridized carbons (Fsp3) is 0.333. The lowest BCUT2D eigenvalue weighted by molar-refractivity contribution is -0.114. The molecule has 1 amide bonds. The van der Waals surface area contributed by atoms with Crippen LogP contribution in [0.25, 0.3) is 0 Å². The van der Waals surface area contributed by atoms with Gasteiger partial charge in [-0.3, -0.25) is 4.79 Å². The number of carbonyl (C=O) groups excluding carboxylic acids is 1. The summed E-state index contributed by atoms with van der Waals surface area (Å²) in [6.45, 7) is 6.86. The standard InChI is InChI=1S/C24H28N4O2.HI/c1-4-19-10-8-11-20(15-19)27-23(29)16-26-24(25-5-2)28-13-14-30-22(17-28)21-12-7-6-9-18(21)3;/h1,6-12,15,22H,5,13-14,16-17H2,2-3H3,(H,25,26)(H,27,29);1H. The molecule has 2 aromatic carbocycles. The summed E-state index contributed by atoms with van der Waals surface area (Å²) in [5.41, 5.74) is 3.78. The Labute approximate surface area is 201 Å². The molecule has 0 aromatic heterocycles. The zero-order valence-corrected chi connectivity index (χ0v) is 20.3. The molecule has 6 nitrogen and oxygen atoms in total. The molecule has 31 heavy (non-hydrogen) atoms. The lowest BCUT2D eigenvalue weighted by Gasteiger charge is -2.35. The molecule has 0 radical (unpaired) electrons. The van der Waals surface area contributed by atoms with Crippen LogP contribution >= 0.6 is 24.0 Å². The highest BCUT2D eigenvalue weighted by Gasteiger charge is 2.25. The number of nitrogens with one attached hydrogen (secondary N) is 2. The third kappa shape index (κ3) is 6.97. The number of aliphatic imine (C=N–C) groups is 1. The molecule has 1 aliphatic heterocycles. The highest BCUT2D eigenvalue weighted by atomic mass is 127. The minimum atomic E-state index is -0.191. The molecule has 0 saturated carbocycles. The molecule has 7 heteroatoms. The number of nitrogens with zero attached hydrogens (tertiary/aromatic N) is 2. The van der Waals surface area contributed by atoms with E-state index in [4.69, 9.17) is 11.2 Å². The Morgan fingerprint density at radius 2 is 2.10 bits per heavy atom. The first-order valence-electron chi connectivity index (χ1n) is 10.2. The molecule has 3 rings (SSSR count). The highest BCUT2D eigenvalue weighted by molar-refractivity contribution is 14.0. The molecule has 1 aliphatic rings. The molecule has 1 heterocycles. The van der Waals surface area contributed by atoms with Gasteiger partial charge in [0.05, 0.1) is 13.2 Å². The molecule has 1 unspecified atom stereocenters. The third-order valence-corrected chi connectivity index (χ3v) is 4.92.